The summed E-state index contributed by atoms with van der Waals surface area (Å²) in [7, 11) is 0. The van der Waals surface area contributed by atoms with Crippen LogP contribution in [-0.2, 0) is 9.59 Å². The number of nitrogens with one attached hydrogen (secondary N) is 3. The summed E-state index contributed by atoms with van der Waals surface area (Å²) in [6.07, 6.45) is 11.9. The fraction of sp³-hybridized carbons (Fsp3) is 0.769. The van der Waals surface area contributed by atoms with Crippen molar-refractivity contribution in [1.82, 2.24) is 5.32 Å². The molecule has 252 valence electrons. The molecule has 0 radical (unpaired) electrons. The summed E-state index contributed by atoms with van der Waals surface area (Å²) in [6, 6.07) is 5.52. The number of hydrogen-bond acceptors (Lipinski definition) is 3. The summed E-state index contributed by atoms with van der Waals surface area (Å²) in [5, 5.41) is 9.53. The first-order valence-electron chi connectivity index (χ1n) is 18.0. The van der Waals surface area contributed by atoms with Crippen LogP contribution in [0.2, 0.25) is 0 Å². The van der Waals surface area contributed by atoms with E-state index in [1.54, 1.807) is 12.1 Å². The first-order valence-corrected chi connectivity index (χ1v) is 18.0. The normalized spacial score (nSPS) is 28.2. The molecule has 0 unspecified atom stereocenters. The zero-order chi connectivity index (χ0) is 33.2. The average molecular weight is 622 g/mol. The smallest absolute Gasteiger partial charge is 0.251 e. The maximum absolute atomic E-state index is 13.6. The van der Waals surface area contributed by atoms with E-state index >= 15 is 0 Å². The van der Waals surface area contributed by atoms with Crippen LogP contribution in [-0.4, -0.2) is 23.8 Å². The Morgan fingerprint density at radius 2 is 0.844 bits per heavy atom. The molecule has 0 saturated heterocycles. The zero-order valence-corrected chi connectivity index (χ0v) is 29.9. The molecule has 0 bridgehead atoms. The van der Waals surface area contributed by atoms with E-state index in [1.165, 1.54) is 0 Å². The minimum Gasteiger partial charge on any atom is -0.349 e. The van der Waals surface area contributed by atoms with Crippen LogP contribution in [0, 0.1) is 45.8 Å². The van der Waals surface area contributed by atoms with E-state index in [2.05, 4.69) is 78.3 Å². The monoisotopic (exact) mass is 621 g/mol. The maximum Gasteiger partial charge on any atom is 0.251 e. The van der Waals surface area contributed by atoms with Crippen LogP contribution in [0.25, 0.3) is 0 Å². The number of carbonyl (C=O) groups is 3. The second-order valence-corrected chi connectivity index (χ2v) is 18.0. The van der Waals surface area contributed by atoms with Crippen LogP contribution in [0.1, 0.15) is 150 Å². The maximum atomic E-state index is 13.6. The van der Waals surface area contributed by atoms with E-state index in [4.69, 9.17) is 0 Å². The van der Waals surface area contributed by atoms with Gasteiger partial charge in [-0.05, 0) is 129 Å². The Labute approximate surface area is 274 Å². The molecule has 0 heterocycles. The number of rotatable bonds is 6. The lowest BCUT2D eigenvalue weighted by Crippen LogP contribution is -2.39. The Morgan fingerprint density at radius 3 is 1.18 bits per heavy atom. The Balaban J connectivity index is 1.46. The molecular weight excluding hydrogens is 558 g/mol. The predicted molar refractivity (Wildman–Crippen MR) is 186 cm³/mol. The van der Waals surface area contributed by atoms with Gasteiger partial charge in [-0.3, -0.25) is 14.4 Å². The fourth-order valence-corrected chi connectivity index (χ4v) is 8.21. The van der Waals surface area contributed by atoms with E-state index in [0.29, 0.717) is 34.7 Å². The Bertz CT molecular complexity index is 1110. The lowest BCUT2D eigenvalue weighted by Gasteiger charge is -2.37. The Morgan fingerprint density at radius 1 is 0.511 bits per heavy atom. The highest BCUT2D eigenvalue weighted by Gasteiger charge is 2.34. The molecule has 3 amide bonds. The molecule has 0 aliphatic heterocycles. The van der Waals surface area contributed by atoms with Gasteiger partial charge in [0.25, 0.3) is 5.91 Å². The second kappa shape index (κ2) is 14.2. The van der Waals surface area contributed by atoms with Gasteiger partial charge >= 0.3 is 0 Å². The molecule has 3 saturated carbocycles. The largest absolute Gasteiger partial charge is 0.349 e. The summed E-state index contributed by atoms with van der Waals surface area (Å²) < 4.78 is 0. The number of hydrogen-bond donors (Lipinski definition) is 3. The number of anilines is 2. The lowest BCUT2D eigenvalue weighted by atomic mass is 9.69. The van der Waals surface area contributed by atoms with Crippen molar-refractivity contribution in [3.63, 3.8) is 0 Å². The SMILES string of the molecule is CC(C)(C)C1CCC(C(=O)Nc2cc(NC(=O)C3CCC(C(C)(C)C)CC3)cc(C(=O)N[C@H]3CC[C@@H](C(C)(C)C)CC3)c2)CC1. The summed E-state index contributed by atoms with van der Waals surface area (Å²) >= 11 is 0. The van der Waals surface area contributed by atoms with Gasteiger partial charge in [-0.15, -0.1) is 0 Å². The van der Waals surface area contributed by atoms with Crippen molar-refractivity contribution < 1.29 is 14.4 Å². The molecule has 3 fully saturated rings. The molecule has 45 heavy (non-hydrogen) atoms. The van der Waals surface area contributed by atoms with Crippen LogP contribution in [0.15, 0.2) is 18.2 Å². The standard InChI is InChI=1S/C39H63N3O3/c1-37(2,3)28-14-10-25(11-15-28)34(43)41-32-22-27(36(45)40-31-20-18-30(19-21-31)39(7,8)9)23-33(24-32)42-35(44)26-12-16-29(17-13-26)38(4,5)6/h22-26,28-31H,10-21H2,1-9H3,(H,40,45)(H,41,43)(H,42,44)/t25?,26?,28?,29?,30-,31+. The van der Waals surface area contributed by atoms with Crippen LogP contribution < -0.4 is 16.0 Å². The number of benzene rings is 1. The van der Waals surface area contributed by atoms with Crippen molar-refractivity contribution in [3.8, 4) is 0 Å². The van der Waals surface area contributed by atoms with E-state index < -0.39 is 0 Å². The molecule has 1 aromatic carbocycles. The highest BCUT2D eigenvalue weighted by molar-refractivity contribution is 6.01. The van der Waals surface area contributed by atoms with Crippen molar-refractivity contribution in [2.75, 3.05) is 10.6 Å². The van der Waals surface area contributed by atoms with Crippen molar-refractivity contribution in [1.29, 1.82) is 0 Å². The van der Waals surface area contributed by atoms with Gasteiger partial charge in [-0.2, -0.15) is 0 Å². The molecule has 1 aromatic rings. The van der Waals surface area contributed by atoms with Gasteiger partial charge < -0.3 is 16.0 Å². The molecule has 4 rings (SSSR count). The lowest BCUT2D eigenvalue weighted by molar-refractivity contribution is -0.122. The number of amides is 3. The van der Waals surface area contributed by atoms with E-state index in [-0.39, 0.29) is 51.8 Å². The van der Waals surface area contributed by atoms with E-state index in [0.717, 1.165) is 77.0 Å². The molecule has 3 aliphatic carbocycles. The first kappa shape index (κ1) is 35.5. The summed E-state index contributed by atoms with van der Waals surface area (Å²) in [5.41, 5.74) is 2.44. The highest BCUT2D eigenvalue weighted by Crippen LogP contribution is 2.42. The summed E-state index contributed by atoms with van der Waals surface area (Å²) in [4.78, 5) is 40.4. The molecule has 3 N–H and O–H groups in total. The van der Waals surface area contributed by atoms with Crippen LogP contribution >= 0.6 is 0 Å². The van der Waals surface area contributed by atoms with Crippen molar-refractivity contribution in [2.45, 2.75) is 145 Å². The third-order valence-electron chi connectivity index (χ3n) is 11.7. The predicted octanol–water partition coefficient (Wildman–Crippen LogP) is 9.60. The van der Waals surface area contributed by atoms with Crippen molar-refractivity contribution in [2.24, 2.45) is 45.8 Å². The zero-order valence-electron chi connectivity index (χ0n) is 29.9. The average Bonchev–Trinajstić information content (AvgIpc) is 2.96. The van der Waals surface area contributed by atoms with Gasteiger partial charge in [0.15, 0.2) is 0 Å². The molecule has 0 atom stereocenters. The molecular formula is C39H63N3O3. The summed E-state index contributed by atoms with van der Waals surface area (Å²) in [5.74, 6) is 1.75. The third kappa shape index (κ3) is 9.81. The fourth-order valence-electron chi connectivity index (χ4n) is 8.21. The third-order valence-corrected chi connectivity index (χ3v) is 11.7. The first-order chi connectivity index (χ1) is 20.9. The van der Waals surface area contributed by atoms with Gasteiger partial charge in [0.1, 0.15) is 0 Å². The van der Waals surface area contributed by atoms with E-state index in [1.807, 2.05) is 6.07 Å². The quantitative estimate of drug-likeness (QED) is 0.296. The number of carbonyl (C=O) groups excluding carboxylic acids is 3. The minimum atomic E-state index is -0.142. The van der Waals surface area contributed by atoms with Crippen molar-refractivity contribution in [3.05, 3.63) is 23.8 Å². The van der Waals surface area contributed by atoms with Gasteiger partial charge in [-0.1, -0.05) is 62.3 Å². The minimum absolute atomic E-state index is 0.0122. The Kier molecular flexibility index (Phi) is 11.2. The van der Waals surface area contributed by atoms with Crippen molar-refractivity contribution >= 4 is 29.1 Å². The van der Waals surface area contributed by atoms with Crippen LogP contribution in [0.5, 0.6) is 0 Å². The molecule has 6 heteroatoms. The topological polar surface area (TPSA) is 87.3 Å². The molecule has 0 spiro atoms. The van der Waals surface area contributed by atoms with Crippen LogP contribution in [0.4, 0.5) is 11.4 Å². The van der Waals surface area contributed by atoms with Gasteiger partial charge in [0.2, 0.25) is 11.8 Å². The summed E-state index contributed by atoms with van der Waals surface area (Å²) in [6.45, 7) is 20.6. The molecule has 0 aromatic heterocycles. The second-order valence-electron chi connectivity index (χ2n) is 18.0. The van der Waals surface area contributed by atoms with E-state index in [9.17, 15) is 14.4 Å². The van der Waals surface area contributed by atoms with Crippen LogP contribution in [0.3, 0.4) is 0 Å². The Hall–Kier alpha value is -2.37. The van der Waals surface area contributed by atoms with Gasteiger partial charge in [0, 0.05) is 34.8 Å². The van der Waals surface area contributed by atoms with Gasteiger partial charge in [-0.25, -0.2) is 0 Å². The van der Waals surface area contributed by atoms with Gasteiger partial charge in [0.05, 0.1) is 0 Å². The molecule has 3 aliphatic rings. The molecule has 6 nitrogen and oxygen atoms in total. The highest BCUT2D eigenvalue weighted by atomic mass is 16.2.